The fourth-order valence-electron chi connectivity index (χ4n) is 3.70. The van der Waals surface area contributed by atoms with Gasteiger partial charge in [0, 0.05) is 19.1 Å². The van der Waals surface area contributed by atoms with Crippen LogP contribution in [0.1, 0.15) is 52.9 Å². The molecule has 5 nitrogen and oxygen atoms in total. The second kappa shape index (κ2) is 6.24. The van der Waals surface area contributed by atoms with E-state index in [2.05, 4.69) is 19.2 Å². The molecule has 2 aliphatic rings. The van der Waals surface area contributed by atoms with Crippen LogP contribution in [0, 0.1) is 17.3 Å². The standard InChI is InChI=1S/C16H28N2O3/c1-11-8-12(14(19)20)10-18(9-11)15(21)17-13-6-4-5-7-16(13,2)3/h11-13H,4-10H2,1-3H3,(H,17,21)(H,19,20). The van der Waals surface area contributed by atoms with Crippen LogP contribution in [0.3, 0.4) is 0 Å². The molecule has 1 saturated heterocycles. The quantitative estimate of drug-likeness (QED) is 0.823. The zero-order valence-electron chi connectivity index (χ0n) is 13.4. The molecule has 120 valence electrons. The Morgan fingerprint density at radius 1 is 1.24 bits per heavy atom. The minimum absolute atomic E-state index is 0.0900. The summed E-state index contributed by atoms with van der Waals surface area (Å²) in [6.07, 6.45) is 5.19. The second-order valence-corrected chi connectivity index (χ2v) is 7.52. The van der Waals surface area contributed by atoms with Crippen molar-refractivity contribution in [3.8, 4) is 0 Å². The summed E-state index contributed by atoms with van der Waals surface area (Å²) in [5.74, 6) is -0.985. The van der Waals surface area contributed by atoms with Gasteiger partial charge in [-0.15, -0.1) is 0 Å². The number of hydrogen-bond donors (Lipinski definition) is 2. The normalized spacial score (nSPS) is 32.5. The van der Waals surface area contributed by atoms with E-state index in [-0.39, 0.29) is 23.4 Å². The molecular weight excluding hydrogens is 268 g/mol. The van der Waals surface area contributed by atoms with Gasteiger partial charge >= 0.3 is 12.0 Å². The molecule has 0 radical (unpaired) electrons. The Labute approximate surface area is 127 Å². The molecule has 2 N–H and O–H groups in total. The first-order chi connectivity index (χ1) is 9.79. The van der Waals surface area contributed by atoms with Crippen molar-refractivity contribution in [3.05, 3.63) is 0 Å². The molecule has 1 aliphatic carbocycles. The lowest BCUT2D eigenvalue weighted by molar-refractivity contribution is -0.143. The van der Waals surface area contributed by atoms with Crippen molar-refractivity contribution in [2.45, 2.75) is 58.9 Å². The van der Waals surface area contributed by atoms with Crippen molar-refractivity contribution >= 4 is 12.0 Å². The number of amides is 2. The number of nitrogens with zero attached hydrogens (tertiary/aromatic N) is 1. The number of hydrogen-bond acceptors (Lipinski definition) is 2. The van der Waals surface area contributed by atoms with Gasteiger partial charge in [-0.3, -0.25) is 4.79 Å². The lowest BCUT2D eigenvalue weighted by Gasteiger charge is -2.41. The SMILES string of the molecule is CC1CC(C(=O)O)CN(C(=O)NC2CCCCC2(C)C)C1. The smallest absolute Gasteiger partial charge is 0.317 e. The first-order valence-corrected chi connectivity index (χ1v) is 8.08. The van der Waals surface area contributed by atoms with Crippen molar-refractivity contribution < 1.29 is 14.7 Å². The van der Waals surface area contributed by atoms with E-state index in [1.54, 1.807) is 4.90 Å². The number of carboxylic acids is 1. The third-order valence-corrected chi connectivity index (χ3v) is 5.10. The number of carbonyl (C=O) groups is 2. The van der Waals surface area contributed by atoms with Gasteiger partial charge in [0.15, 0.2) is 0 Å². The molecule has 3 unspecified atom stereocenters. The van der Waals surface area contributed by atoms with Gasteiger partial charge in [0.05, 0.1) is 5.92 Å². The summed E-state index contributed by atoms with van der Waals surface area (Å²) in [7, 11) is 0. The van der Waals surface area contributed by atoms with Crippen molar-refractivity contribution in [1.82, 2.24) is 10.2 Å². The summed E-state index contributed by atoms with van der Waals surface area (Å²) < 4.78 is 0. The third-order valence-electron chi connectivity index (χ3n) is 5.10. The fraction of sp³-hybridized carbons (Fsp3) is 0.875. The summed E-state index contributed by atoms with van der Waals surface area (Å²) >= 11 is 0. The van der Waals surface area contributed by atoms with Crippen molar-refractivity contribution in [1.29, 1.82) is 0 Å². The monoisotopic (exact) mass is 296 g/mol. The predicted molar refractivity (Wildman–Crippen MR) is 81.0 cm³/mol. The van der Waals surface area contributed by atoms with Crippen molar-refractivity contribution in [2.75, 3.05) is 13.1 Å². The topological polar surface area (TPSA) is 69.6 Å². The number of aliphatic carboxylic acids is 1. The summed E-state index contributed by atoms with van der Waals surface area (Å²) in [5, 5.41) is 12.4. The van der Waals surface area contributed by atoms with E-state index in [4.69, 9.17) is 0 Å². The number of nitrogens with one attached hydrogen (secondary N) is 1. The first-order valence-electron chi connectivity index (χ1n) is 8.08. The first kappa shape index (κ1) is 16.1. The maximum atomic E-state index is 12.5. The maximum absolute atomic E-state index is 12.5. The number of rotatable bonds is 2. The lowest BCUT2D eigenvalue weighted by Crippen LogP contribution is -2.55. The van der Waals surface area contributed by atoms with Crippen LogP contribution in [-0.2, 0) is 4.79 Å². The molecule has 2 fully saturated rings. The molecular formula is C16H28N2O3. The van der Waals surface area contributed by atoms with Crippen LogP contribution in [0.5, 0.6) is 0 Å². The molecule has 0 aromatic carbocycles. The minimum Gasteiger partial charge on any atom is -0.481 e. The molecule has 2 amide bonds. The highest BCUT2D eigenvalue weighted by Gasteiger charge is 2.36. The van der Waals surface area contributed by atoms with Gasteiger partial charge in [0.1, 0.15) is 0 Å². The van der Waals surface area contributed by atoms with E-state index >= 15 is 0 Å². The third kappa shape index (κ3) is 3.89. The van der Waals surface area contributed by atoms with Crippen LogP contribution in [0.25, 0.3) is 0 Å². The maximum Gasteiger partial charge on any atom is 0.317 e. The number of carbonyl (C=O) groups excluding carboxylic acids is 1. The molecule has 5 heteroatoms. The van der Waals surface area contributed by atoms with Crippen LogP contribution >= 0.6 is 0 Å². The Hall–Kier alpha value is -1.26. The van der Waals surface area contributed by atoms with Gasteiger partial charge in [0.25, 0.3) is 0 Å². The van der Waals surface area contributed by atoms with E-state index in [1.165, 1.54) is 6.42 Å². The van der Waals surface area contributed by atoms with E-state index < -0.39 is 11.9 Å². The van der Waals surface area contributed by atoms with Crippen LogP contribution in [0.15, 0.2) is 0 Å². The number of urea groups is 1. The molecule has 1 aliphatic heterocycles. The van der Waals surface area contributed by atoms with Crippen molar-refractivity contribution in [2.24, 2.45) is 17.3 Å². The highest BCUT2D eigenvalue weighted by atomic mass is 16.4. The average Bonchev–Trinajstić information content (AvgIpc) is 2.40. The van der Waals surface area contributed by atoms with Gasteiger partial charge in [-0.25, -0.2) is 4.79 Å². The van der Waals surface area contributed by atoms with Crippen LogP contribution in [0.4, 0.5) is 4.79 Å². The van der Waals surface area contributed by atoms with E-state index in [0.717, 1.165) is 19.3 Å². The predicted octanol–water partition coefficient (Wildman–Crippen LogP) is 2.71. The molecule has 2 rings (SSSR count). The zero-order valence-corrected chi connectivity index (χ0v) is 13.4. The molecule has 1 saturated carbocycles. The highest BCUT2D eigenvalue weighted by Crippen LogP contribution is 2.35. The largest absolute Gasteiger partial charge is 0.481 e. The summed E-state index contributed by atoms with van der Waals surface area (Å²) in [4.78, 5) is 25.4. The molecule has 3 atom stereocenters. The molecule has 0 spiro atoms. The molecule has 21 heavy (non-hydrogen) atoms. The zero-order chi connectivity index (χ0) is 15.6. The Morgan fingerprint density at radius 2 is 1.95 bits per heavy atom. The van der Waals surface area contributed by atoms with E-state index in [1.807, 2.05) is 6.92 Å². The van der Waals surface area contributed by atoms with Crippen molar-refractivity contribution in [3.63, 3.8) is 0 Å². The lowest BCUT2D eigenvalue weighted by atomic mass is 9.73. The fourth-order valence-corrected chi connectivity index (χ4v) is 3.70. The number of likely N-dealkylation sites (tertiary alicyclic amines) is 1. The number of piperidine rings is 1. The van der Waals surface area contributed by atoms with Crippen LogP contribution < -0.4 is 5.32 Å². The molecule has 0 aromatic rings. The summed E-state index contributed by atoms with van der Waals surface area (Å²) in [6.45, 7) is 7.41. The number of carboxylic acid groups (broad SMARTS) is 1. The van der Waals surface area contributed by atoms with Gasteiger partial charge in [-0.2, -0.15) is 0 Å². The van der Waals surface area contributed by atoms with Gasteiger partial charge in [0.2, 0.25) is 0 Å². The van der Waals surface area contributed by atoms with Gasteiger partial charge < -0.3 is 15.3 Å². The molecule has 0 bridgehead atoms. The Kier molecular flexibility index (Phi) is 4.79. The highest BCUT2D eigenvalue weighted by molar-refractivity contribution is 5.77. The minimum atomic E-state index is -0.794. The van der Waals surface area contributed by atoms with E-state index in [9.17, 15) is 14.7 Å². The van der Waals surface area contributed by atoms with Crippen LogP contribution in [-0.4, -0.2) is 41.1 Å². The van der Waals surface area contributed by atoms with Gasteiger partial charge in [-0.05, 0) is 30.6 Å². The Morgan fingerprint density at radius 3 is 2.57 bits per heavy atom. The second-order valence-electron chi connectivity index (χ2n) is 7.52. The van der Waals surface area contributed by atoms with Gasteiger partial charge in [-0.1, -0.05) is 33.6 Å². The average molecular weight is 296 g/mol. The molecule has 1 heterocycles. The Bertz CT molecular complexity index is 408. The molecule has 0 aromatic heterocycles. The summed E-state index contributed by atoms with van der Waals surface area (Å²) in [6, 6.07) is 0.104. The van der Waals surface area contributed by atoms with E-state index in [0.29, 0.717) is 19.5 Å². The Balaban J connectivity index is 1.97. The summed E-state index contributed by atoms with van der Waals surface area (Å²) in [5.41, 5.74) is 0.127. The van der Waals surface area contributed by atoms with Crippen LogP contribution in [0.2, 0.25) is 0 Å².